The molecule has 0 amide bonds. The van der Waals surface area contributed by atoms with Crippen molar-refractivity contribution in [1.82, 2.24) is 5.43 Å². The van der Waals surface area contributed by atoms with E-state index in [-0.39, 0.29) is 17.3 Å². The molecule has 0 heterocycles. The van der Waals surface area contributed by atoms with Crippen LogP contribution in [-0.2, 0) is 6.42 Å². The molecule has 1 aromatic carbocycles. The summed E-state index contributed by atoms with van der Waals surface area (Å²) in [6, 6.07) is 4.75. The molecule has 100 valence electrons. The molecule has 1 fully saturated rings. The van der Waals surface area contributed by atoms with Gasteiger partial charge in [-0.15, -0.1) is 0 Å². The van der Waals surface area contributed by atoms with Gasteiger partial charge < -0.3 is 0 Å². The average Bonchev–Trinajstić information content (AvgIpc) is 2.76. The minimum atomic E-state index is -0.298. The normalized spacial score (nSPS) is 20.0. The van der Waals surface area contributed by atoms with Gasteiger partial charge in [0.25, 0.3) is 0 Å². The van der Waals surface area contributed by atoms with Crippen molar-refractivity contribution in [2.45, 2.75) is 45.1 Å². The number of nitrogens with one attached hydrogen (secondary N) is 1. The third kappa shape index (κ3) is 2.85. The molecule has 0 bridgehead atoms. The third-order valence-electron chi connectivity index (χ3n) is 4.23. The number of benzene rings is 1. The summed E-state index contributed by atoms with van der Waals surface area (Å²) in [6.45, 7) is 2.27. The first kappa shape index (κ1) is 13.8. The molecular formula is C14H20ClFN2. The molecule has 0 aromatic heterocycles. The van der Waals surface area contributed by atoms with Crippen LogP contribution in [-0.4, -0.2) is 6.04 Å². The number of hydrogen-bond donors (Lipinski definition) is 2. The van der Waals surface area contributed by atoms with E-state index in [4.69, 9.17) is 17.4 Å². The highest BCUT2D eigenvalue weighted by molar-refractivity contribution is 6.31. The zero-order chi connectivity index (χ0) is 13.2. The first-order valence-corrected chi connectivity index (χ1v) is 6.83. The van der Waals surface area contributed by atoms with Gasteiger partial charge in [-0.2, -0.15) is 0 Å². The first-order valence-electron chi connectivity index (χ1n) is 6.45. The van der Waals surface area contributed by atoms with E-state index in [1.807, 2.05) is 0 Å². The highest BCUT2D eigenvalue weighted by atomic mass is 35.5. The summed E-state index contributed by atoms with van der Waals surface area (Å²) in [5.74, 6) is 5.40. The van der Waals surface area contributed by atoms with E-state index >= 15 is 0 Å². The number of nitrogens with two attached hydrogens (primary N) is 1. The van der Waals surface area contributed by atoms with Gasteiger partial charge >= 0.3 is 0 Å². The van der Waals surface area contributed by atoms with Gasteiger partial charge in [0.1, 0.15) is 5.82 Å². The lowest BCUT2D eigenvalue weighted by Crippen LogP contribution is -2.47. The van der Waals surface area contributed by atoms with Crippen LogP contribution in [0, 0.1) is 11.2 Å². The van der Waals surface area contributed by atoms with Crippen molar-refractivity contribution in [1.29, 1.82) is 0 Å². The summed E-state index contributed by atoms with van der Waals surface area (Å²) in [6.07, 6.45) is 5.62. The zero-order valence-electron chi connectivity index (χ0n) is 10.7. The molecule has 1 atom stereocenters. The van der Waals surface area contributed by atoms with Gasteiger partial charge in [0.2, 0.25) is 0 Å². The highest BCUT2D eigenvalue weighted by Crippen LogP contribution is 2.41. The molecule has 1 aliphatic rings. The fraction of sp³-hybridized carbons (Fsp3) is 0.571. The largest absolute Gasteiger partial charge is 0.271 e. The molecule has 2 rings (SSSR count). The van der Waals surface area contributed by atoms with E-state index < -0.39 is 0 Å². The van der Waals surface area contributed by atoms with Crippen molar-refractivity contribution in [2.24, 2.45) is 11.3 Å². The molecule has 3 N–H and O–H groups in total. The Morgan fingerprint density at radius 2 is 2.11 bits per heavy atom. The van der Waals surface area contributed by atoms with E-state index in [1.165, 1.54) is 37.8 Å². The Labute approximate surface area is 113 Å². The third-order valence-corrected chi connectivity index (χ3v) is 4.58. The second kappa shape index (κ2) is 5.55. The van der Waals surface area contributed by atoms with Gasteiger partial charge in [-0.3, -0.25) is 11.3 Å². The molecule has 0 spiro atoms. The van der Waals surface area contributed by atoms with E-state index in [0.717, 1.165) is 12.0 Å². The summed E-state index contributed by atoms with van der Waals surface area (Å²) in [5.41, 5.74) is 4.09. The summed E-state index contributed by atoms with van der Waals surface area (Å²) in [7, 11) is 0. The minimum Gasteiger partial charge on any atom is -0.271 e. The van der Waals surface area contributed by atoms with E-state index in [1.54, 1.807) is 6.07 Å². The first-order chi connectivity index (χ1) is 8.55. The monoisotopic (exact) mass is 270 g/mol. The van der Waals surface area contributed by atoms with E-state index in [2.05, 4.69) is 12.3 Å². The topological polar surface area (TPSA) is 38.0 Å². The standard InChI is InChI=1S/C14H20ClFN2/c1-14(6-2-3-7-14)13(18-17)8-10-4-5-11(16)9-12(10)15/h4-5,9,13,18H,2-3,6-8,17H2,1H3. The Balaban J connectivity index is 2.15. The second-order valence-electron chi connectivity index (χ2n) is 5.52. The predicted molar refractivity (Wildman–Crippen MR) is 72.8 cm³/mol. The Morgan fingerprint density at radius 3 is 2.67 bits per heavy atom. The smallest absolute Gasteiger partial charge is 0.124 e. The molecule has 18 heavy (non-hydrogen) atoms. The van der Waals surface area contributed by atoms with Crippen molar-refractivity contribution in [2.75, 3.05) is 0 Å². The lowest BCUT2D eigenvalue weighted by atomic mass is 9.78. The molecule has 0 radical (unpaired) electrons. The molecule has 4 heteroatoms. The maximum atomic E-state index is 13.0. The van der Waals surface area contributed by atoms with Gasteiger partial charge in [-0.25, -0.2) is 4.39 Å². The van der Waals surface area contributed by atoms with Crippen LogP contribution in [0.3, 0.4) is 0 Å². The van der Waals surface area contributed by atoms with Gasteiger partial charge in [0.15, 0.2) is 0 Å². The molecule has 2 nitrogen and oxygen atoms in total. The fourth-order valence-electron chi connectivity index (χ4n) is 2.94. The number of rotatable bonds is 4. The lowest BCUT2D eigenvalue weighted by molar-refractivity contribution is 0.221. The van der Waals surface area contributed by atoms with Gasteiger partial charge in [-0.1, -0.05) is 37.4 Å². The maximum absolute atomic E-state index is 13.0. The number of halogens is 2. The molecule has 0 aliphatic heterocycles. The van der Waals surface area contributed by atoms with Crippen molar-refractivity contribution in [3.05, 3.63) is 34.6 Å². The van der Waals surface area contributed by atoms with E-state index in [0.29, 0.717) is 5.02 Å². The van der Waals surface area contributed by atoms with Gasteiger partial charge in [-0.05, 0) is 42.4 Å². The van der Waals surface area contributed by atoms with Crippen LogP contribution in [0.15, 0.2) is 18.2 Å². The fourth-order valence-corrected chi connectivity index (χ4v) is 3.19. The summed E-state index contributed by atoms with van der Waals surface area (Å²) < 4.78 is 13.0. The van der Waals surface area contributed by atoms with Crippen LogP contribution >= 0.6 is 11.6 Å². The number of hydrogen-bond acceptors (Lipinski definition) is 2. The van der Waals surface area contributed by atoms with Crippen molar-refractivity contribution >= 4 is 11.6 Å². The highest BCUT2D eigenvalue weighted by Gasteiger charge is 2.36. The SMILES string of the molecule is CC1(C(Cc2ccc(F)cc2Cl)NN)CCCC1. The van der Waals surface area contributed by atoms with Crippen LogP contribution in [0.2, 0.25) is 5.02 Å². The summed E-state index contributed by atoms with van der Waals surface area (Å²) in [4.78, 5) is 0. The van der Waals surface area contributed by atoms with Crippen LogP contribution in [0.25, 0.3) is 0 Å². The molecule has 1 saturated carbocycles. The molecular weight excluding hydrogens is 251 g/mol. The van der Waals surface area contributed by atoms with Crippen LogP contribution < -0.4 is 11.3 Å². The average molecular weight is 271 g/mol. The van der Waals surface area contributed by atoms with Crippen molar-refractivity contribution in [3.63, 3.8) is 0 Å². The van der Waals surface area contributed by atoms with Crippen LogP contribution in [0.4, 0.5) is 4.39 Å². The van der Waals surface area contributed by atoms with Gasteiger partial charge in [0, 0.05) is 11.1 Å². The predicted octanol–water partition coefficient (Wildman–Crippen LogP) is 3.43. The minimum absolute atomic E-state index is 0.183. The Hall–Kier alpha value is -0.640. The molecule has 1 unspecified atom stereocenters. The Morgan fingerprint density at radius 1 is 1.44 bits per heavy atom. The quantitative estimate of drug-likeness (QED) is 0.650. The molecule has 1 aromatic rings. The molecule has 0 saturated heterocycles. The maximum Gasteiger partial charge on any atom is 0.124 e. The van der Waals surface area contributed by atoms with Gasteiger partial charge in [0.05, 0.1) is 0 Å². The molecule has 1 aliphatic carbocycles. The summed E-state index contributed by atoms with van der Waals surface area (Å²) >= 11 is 6.07. The lowest BCUT2D eigenvalue weighted by Gasteiger charge is -2.34. The van der Waals surface area contributed by atoms with Crippen molar-refractivity contribution in [3.8, 4) is 0 Å². The van der Waals surface area contributed by atoms with E-state index in [9.17, 15) is 4.39 Å². The zero-order valence-corrected chi connectivity index (χ0v) is 11.4. The number of hydrazine groups is 1. The Bertz CT molecular complexity index is 416. The van der Waals surface area contributed by atoms with Crippen LogP contribution in [0.5, 0.6) is 0 Å². The summed E-state index contributed by atoms with van der Waals surface area (Å²) in [5, 5.41) is 0.483. The van der Waals surface area contributed by atoms with Crippen LogP contribution in [0.1, 0.15) is 38.2 Å². The van der Waals surface area contributed by atoms with Crippen molar-refractivity contribution < 1.29 is 4.39 Å². The second-order valence-corrected chi connectivity index (χ2v) is 5.93. The Kier molecular flexibility index (Phi) is 4.25.